The Balaban J connectivity index is 2.62. The van der Waals surface area contributed by atoms with Crippen molar-refractivity contribution in [1.82, 2.24) is 0 Å². The van der Waals surface area contributed by atoms with Gasteiger partial charge in [0.1, 0.15) is 16.7 Å². The van der Waals surface area contributed by atoms with Gasteiger partial charge in [-0.1, -0.05) is 29.1 Å². The summed E-state index contributed by atoms with van der Waals surface area (Å²) < 4.78 is 9.44. The summed E-state index contributed by atoms with van der Waals surface area (Å²) in [4.78, 5) is 10.7. The molecule has 0 saturated heterocycles. The summed E-state index contributed by atoms with van der Waals surface area (Å²) in [6.45, 7) is 0.0122. The predicted molar refractivity (Wildman–Crippen MR) is 43.4 cm³/mol. The van der Waals surface area contributed by atoms with Gasteiger partial charge in [0.25, 0.3) is 0 Å². The largest absolute Gasteiger partial charge is 0.426 e. The monoisotopic (exact) mass is 206 g/mol. The Kier molecular flexibility index (Phi) is 2.99. The van der Waals surface area contributed by atoms with E-state index < -0.39 is 12.3 Å². The van der Waals surface area contributed by atoms with Crippen LogP contribution in [0.15, 0.2) is 10.1 Å². The maximum atomic E-state index is 10.7. The number of hydrogen-bond donors (Lipinski definition) is 0. The number of ether oxygens (including phenoxy) is 2. The first-order chi connectivity index (χ1) is 5.66. The number of cyclic esters (lactones) is 1. The van der Waals surface area contributed by atoms with Crippen LogP contribution in [-0.4, -0.2) is 18.9 Å². The molecule has 0 N–H and O–H groups in total. The van der Waals surface area contributed by atoms with Crippen LogP contribution in [0.4, 0.5) is 0 Å². The molecule has 1 atom stereocenters. The third-order valence-electron chi connectivity index (χ3n) is 1.13. The van der Waals surface area contributed by atoms with Crippen molar-refractivity contribution in [3.8, 4) is 12.3 Å². The van der Waals surface area contributed by atoms with E-state index in [0.717, 1.165) is 0 Å². The summed E-state index contributed by atoms with van der Waals surface area (Å²) in [7, 11) is 0. The minimum atomic E-state index is -0.942. The van der Waals surface area contributed by atoms with Crippen molar-refractivity contribution < 1.29 is 14.3 Å². The zero-order valence-corrected chi connectivity index (χ0v) is 7.35. The van der Waals surface area contributed by atoms with Crippen LogP contribution < -0.4 is 0 Å². The van der Waals surface area contributed by atoms with Crippen molar-refractivity contribution in [3.05, 3.63) is 10.1 Å². The maximum absolute atomic E-state index is 10.7. The smallest absolute Gasteiger partial charge is 0.353 e. The van der Waals surface area contributed by atoms with E-state index in [0.29, 0.717) is 0 Å². The van der Waals surface area contributed by atoms with Gasteiger partial charge in [-0.05, 0) is 0 Å². The van der Waals surface area contributed by atoms with Crippen LogP contribution in [0.1, 0.15) is 0 Å². The molecule has 1 aliphatic heterocycles. The van der Waals surface area contributed by atoms with Crippen molar-refractivity contribution >= 4 is 29.2 Å². The molecule has 0 saturated carbocycles. The molecule has 0 bridgehead atoms. The second-order valence-corrected chi connectivity index (χ2v) is 2.70. The molecule has 1 heterocycles. The average molecular weight is 207 g/mol. The molecule has 1 rings (SSSR count). The Bertz CT molecular complexity index is 277. The quantitative estimate of drug-likeness (QED) is 0.504. The standard InChI is InChI=1S/C7H4Cl2O3/c1-2-3-11-7-5(9)4(8)6(10)12-7/h1,7H,3H2. The second-order valence-electron chi connectivity index (χ2n) is 1.91. The molecule has 3 nitrogen and oxygen atoms in total. The van der Waals surface area contributed by atoms with Gasteiger partial charge in [0, 0.05) is 0 Å². The highest BCUT2D eigenvalue weighted by Crippen LogP contribution is 2.28. The van der Waals surface area contributed by atoms with Gasteiger partial charge in [-0.25, -0.2) is 4.79 Å². The van der Waals surface area contributed by atoms with Crippen molar-refractivity contribution in [3.63, 3.8) is 0 Å². The minimum absolute atomic E-state index is 0.0122. The summed E-state index contributed by atoms with van der Waals surface area (Å²) in [5, 5.41) is -0.115. The number of esters is 1. The highest BCUT2D eigenvalue weighted by molar-refractivity contribution is 6.48. The van der Waals surface area contributed by atoms with E-state index in [4.69, 9.17) is 34.4 Å². The Labute approximate surface area is 79.2 Å². The Morgan fingerprint density at radius 3 is 2.75 bits per heavy atom. The van der Waals surface area contributed by atoms with Crippen LogP contribution in [0.2, 0.25) is 0 Å². The Hall–Kier alpha value is -0.690. The molecule has 0 aromatic heterocycles. The van der Waals surface area contributed by atoms with Gasteiger partial charge in [-0.2, -0.15) is 0 Å². The summed E-state index contributed by atoms with van der Waals surface area (Å²) in [5.41, 5.74) is 0. The van der Waals surface area contributed by atoms with Gasteiger partial charge in [0.15, 0.2) is 0 Å². The van der Waals surface area contributed by atoms with Crippen LogP contribution in [-0.2, 0) is 14.3 Å². The topological polar surface area (TPSA) is 35.5 Å². The normalized spacial score (nSPS) is 22.4. The molecule has 5 heteroatoms. The van der Waals surface area contributed by atoms with Crippen LogP contribution in [0.5, 0.6) is 0 Å². The maximum Gasteiger partial charge on any atom is 0.353 e. The molecule has 0 aromatic rings. The van der Waals surface area contributed by atoms with Crippen molar-refractivity contribution in [1.29, 1.82) is 0 Å². The van der Waals surface area contributed by atoms with Crippen molar-refractivity contribution in [2.45, 2.75) is 6.29 Å². The number of terminal acetylenes is 1. The van der Waals surface area contributed by atoms with Gasteiger partial charge in [0.2, 0.25) is 6.29 Å². The van der Waals surface area contributed by atoms with E-state index in [1.807, 2.05) is 0 Å². The van der Waals surface area contributed by atoms with E-state index >= 15 is 0 Å². The highest BCUT2D eigenvalue weighted by Gasteiger charge is 2.32. The van der Waals surface area contributed by atoms with E-state index in [9.17, 15) is 4.79 Å². The summed E-state index contributed by atoms with van der Waals surface area (Å²) in [6.07, 6.45) is 3.97. The Morgan fingerprint density at radius 1 is 1.67 bits per heavy atom. The van der Waals surface area contributed by atoms with Gasteiger partial charge in [-0.15, -0.1) is 6.42 Å². The molecule has 0 amide bonds. The van der Waals surface area contributed by atoms with Crippen LogP contribution in [0.25, 0.3) is 0 Å². The van der Waals surface area contributed by atoms with Crippen LogP contribution in [0, 0.1) is 12.3 Å². The fourth-order valence-corrected chi connectivity index (χ4v) is 0.951. The summed E-state index contributed by atoms with van der Waals surface area (Å²) in [6, 6.07) is 0. The van der Waals surface area contributed by atoms with E-state index in [1.54, 1.807) is 0 Å². The van der Waals surface area contributed by atoms with Gasteiger partial charge in [0.05, 0.1) is 0 Å². The van der Waals surface area contributed by atoms with Gasteiger partial charge in [-0.3, -0.25) is 0 Å². The highest BCUT2D eigenvalue weighted by atomic mass is 35.5. The lowest BCUT2D eigenvalue weighted by molar-refractivity contribution is -0.156. The van der Waals surface area contributed by atoms with Gasteiger partial charge >= 0.3 is 5.97 Å². The molecule has 0 fully saturated rings. The number of halogens is 2. The minimum Gasteiger partial charge on any atom is -0.426 e. The molecule has 0 radical (unpaired) electrons. The summed E-state index contributed by atoms with van der Waals surface area (Å²) in [5.74, 6) is 1.52. The lowest BCUT2D eigenvalue weighted by Crippen LogP contribution is -2.14. The predicted octanol–water partition coefficient (Wildman–Crippen LogP) is 1.21. The van der Waals surface area contributed by atoms with Crippen LogP contribution >= 0.6 is 23.2 Å². The Morgan fingerprint density at radius 2 is 2.33 bits per heavy atom. The first-order valence-electron chi connectivity index (χ1n) is 2.98. The summed E-state index contributed by atoms with van der Waals surface area (Å²) >= 11 is 11.0. The molecular weight excluding hydrogens is 203 g/mol. The van der Waals surface area contributed by atoms with E-state index in [2.05, 4.69) is 10.7 Å². The lowest BCUT2D eigenvalue weighted by atomic mass is 10.5. The molecule has 0 aliphatic carbocycles. The van der Waals surface area contributed by atoms with E-state index in [1.165, 1.54) is 0 Å². The first kappa shape index (κ1) is 9.40. The number of rotatable bonds is 2. The zero-order chi connectivity index (χ0) is 9.14. The SMILES string of the molecule is C#CCOC1OC(=O)C(Cl)=C1Cl. The number of carbonyl (C=O) groups is 1. The van der Waals surface area contributed by atoms with Gasteiger partial charge < -0.3 is 9.47 Å². The molecule has 12 heavy (non-hydrogen) atoms. The van der Waals surface area contributed by atoms with Crippen molar-refractivity contribution in [2.24, 2.45) is 0 Å². The molecule has 64 valence electrons. The van der Waals surface area contributed by atoms with E-state index in [-0.39, 0.29) is 16.7 Å². The van der Waals surface area contributed by atoms with Crippen molar-refractivity contribution in [2.75, 3.05) is 6.61 Å². The van der Waals surface area contributed by atoms with Crippen LogP contribution in [0.3, 0.4) is 0 Å². The first-order valence-corrected chi connectivity index (χ1v) is 3.73. The molecule has 1 unspecified atom stereocenters. The fourth-order valence-electron chi connectivity index (χ4n) is 0.633. The second kappa shape index (κ2) is 3.81. The molecule has 0 spiro atoms. The fraction of sp³-hybridized carbons (Fsp3) is 0.286. The molecule has 0 aromatic carbocycles. The third kappa shape index (κ3) is 1.72. The average Bonchev–Trinajstić information content (AvgIpc) is 2.30. The molecule has 1 aliphatic rings. The zero-order valence-electron chi connectivity index (χ0n) is 5.84. The third-order valence-corrected chi connectivity index (χ3v) is 1.95. The molecular formula is C7H4Cl2O3. The number of hydrogen-bond acceptors (Lipinski definition) is 3. The number of carbonyl (C=O) groups excluding carboxylic acids is 1. The lowest BCUT2D eigenvalue weighted by Gasteiger charge is -2.07.